The molecule has 1 aliphatic heterocycles. The molecule has 30 heavy (non-hydrogen) atoms. The Morgan fingerprint density at radius 3 is 2.27 bits per heavy atom. The zero-order chi connectivity index (χ0) is 20.6. The van der Waals surface area contributed by atoms with Gasteiger partial charge in [0.1, 0.15) is 5.75 Å². The Morgan fingerprint density at radius 1 is 1.03 bits per heavy atom. The summed E-state index contributed by atoms with van der Waals surface area (Å²) in [5, 5.41) is 13.6. The molecular formula is C23H34IN5O. The van der Waals surface area contributed by atoms with Crippen LogP contribution in [0.1, 0.15) is 18.5 Å². The lowest BCUT2D eigenvalue weighted by Gasteiger charge is -2.38. The van der Waals surface area contributed by atoms with Gasteiger partial charge in [0.15, 0.2) is 5.96 Å². The maximum absolute atomic E-state index is 10.1. The number of likely N-dealkylation sites (N-methyl/N-ethyl adjacent to an activating group) is 1. The van der Waals surface area contributed by atoms with Gasteiger partial charge in [-0.1, -0.05) is 42.5 Å². The van der Waals surface area contributed by atoms with Crippen LogP contribution in [-0.4, -0.2) is 74.2 Å². The minimum atomic E-state index is 0. The molecule has 0 bridgehead atoms. The number of aromatic hydroxyl groups is 1. The Bertz CT molecular complexity index is 791. The van der Waals surface area contributed by atoms with Crippen molar-refractivity contribution in [3.63, 3.8) is 0 Å². The van der Waals surface area contributed by atoms with E-state index < -0.39 is 0 Å². The van der Waals surface area contributed by atoms with E-state index in [1.54, 1.807) is 6.07 Å². The molecule has 2 aromatic carbocycles. The SMILES string of the molecule is CCNC(=NCC(c1ccccc1)N(C)C)N1CCN(c2ccccc2O)CC1.I. The number of guanidine groups is 1. The molecule has 0 radical (unpaired) electrons. The lowest BCUT2D eigenvalue weighted by Crippen LogP contribution is -2.52. The molecule has 1 heterocycles. The van der Waals surface area contributed by atoms with Crippen molar-refractivity contribution >= 4 is 35.6 Å². The van der Waals surface area contributed by atoms with E-state index in [0.717, 1.165) is 44.4 Å². The first kappa shape index (κ1) is 24.3. The van der Waals surface area contributed by atoms with Gasteiger partial charge in [-0.25, -0.2) is 0 Å². The predicted octanol–water partition coefficient (Wildman–Crippen LogP) is 3.40. The van der Waals surface area contributed by atoms with Crippen LogP contribution in [0.5, 0.6) is 5.75 Å². The van der Waals surface area contributed by atoms with Crippen molar-refractivity contribution in [1.82, 2.24) is 15.1 Å². The van der Waals surface area contributed by atoms with E-state index in [2.05, 4.69) is 65.3 Å². The summed E-state index contributed by atoms with van der Waals surface area (Å²) in [6.45, 7) is 7.12. The first-order valence-corrected chi connectivity index (χ1v) is 10.4. The summed E-state index contributed by atoms with van der Waals surface area (Å²) in [5.41, 5.74) is 2.19. The highest BCUT2D eigenvalue weighted by Gasteiger charge is 2.22. The van der Waals surface area contributed by atoms with Crippen LogP contribution < -0.4 is 10.2 Å². The van der Waals surface area contributed by atoms with E-state index in [0.29, 0.717) is 12.3 Å². The molecule has 3 rings (SSSR count). The highest BCUT2D eigenvalue weighted by molar-refractivity contribution is 14.0. The molecule has 164 valence electrons. The van der Waals surface area contributed by atoms with E-state index in [1.807, 2.05) is 24.3 Å². The summed E-state index contributed by atoms with van der Waals surface area (Å²) >= 11 is 0. The second-order valence-electron chi connectivity index (χ2n) is 7.55. The first-order chi connectivity index (χ1) is 14.1. The van der Waals surface area contributed by atoms with Crippen molar-refractivity contribution in [3.8, 4) is 5.75 Å². The molecule has 1 saturated heterocycles. The highest BCUT2D eigenvalue weighted by Crippen LogP contribution is 2.27. The Kier molecular flexibility index (Phi) is 9.71. The maximum Gasteiger partial charge on any atom is 0.194 e. The molecule has 1 aliphatic rings. The van der Waals surface area contributed by atoms with Crippen LogP contribution in [0.25, 0.3) is 0 Å². The average Bonchev–Trinajstić information content (AvgIpc) is 2.74. The van der Waals surface area contributed by atoms with Crippen LogP contribution in [0.15, 0.2) is 59.6 Å². The number of piperazine rings is 1. The Labute approximate surface area is 197 Å². The second kappa shape index (κ2) is 12.0. The molecule has 0 saturated carbocycles. The predicted molar refractivity (Wildman–Crippen MR) is 136 cm³/mol. The van der Waals surface area contributed by atoms with Gasteiger partial charge in [-0.05, 0) is 38.7 Å². The third kappa shape index (κ3) is 6.25. The summed E-state index contributed by atoms with van der Waals surface area (Å²) in [4.78, 5) is 11.7. The third-order valence-corrected chi connectivity index (χ3v) is 5.36. The molecule has 1 unspecified atom stereocenters. The van der Waals surface area contributed by atoms with Crippen molar-refractivity contribution < 1.29 is 5.11 Å². The Hall–Kier alpha value is -2.00. The van der Waals surface area contributed by atoms with Gasteiger partial charge in [-0.3, -0.25) is 4.99 Å². The third-order valence-electron chi connectivity index (χ3n) is 5.36. The van der Waals surface area contributed by atoms with Gasteiger partial charge < -0.3 is 25.1 Å². The van der Waals surface area contributed by atoms with Crippen LogP contribution >= 0.6 is 24.0 Å². The number of halogens is 1. The molecule has 7 heteroatoms. The fourth-order valence-corrected chi connectivity index (χ4v) is 3.73. The Morgan fingerprint density at radius 2 is 1.67 bits per heavy atom. The fourth-order valence-electron chi connectivity index (χ4n) is 3.73. The largest absolute Gasteiger partial charge is 0.506 e. The summed E-state index contributed by atoms with van der Waals surface area (Å²) in [7, 11) is 4.20. The van der Waals surface area contributed by atoms with E-state index in [1.165, 1.54) is 5.56 Å². The van der Waals surface area contributed by atoms with Crippen molar-refractivity contribution in [3.05, 3.63) is 60.2 Å². The molecule has 6 nitrogen and oxygen atoms in total. The van der Waals surface area contributed by atoms with Gasteiger partial charge in [-0.15, -0.1) is 24.0 Å². The average molecular weight is 523 g/mol. The molecule has 1 atom stereocenters. The smallest absolute Gasteiger partial charge is 0.194 e. The van der Waals surface area contributed by atoms with Crippen LogP contribution in [0.2, 0.25) is 0 Å². The Balaban J connectivity index is 0.00000320. The number of hydrogen-bond donors (Lipinski definition) is 2. The number of hydrogen-bond acceptors (Lipinski definition) is 4. The first-order valence-electron chi connectivity index (χ1n) is 10.4. The van der Waals surface area contributed by atoms with E-state index in [4.69, 9.17) is 4.99 Å². The summed E-state index contributed by atoms with van der Waals surface area (Å²) in [6.07, 6.45) is 0. The maximum atomic E-state index is 10.1. The summed E-state index contributed by atoms with van der Waals surface area (Å²) in [6, 6.07) is 18.3. The molecule has 0 spiro atoms. The van der Waals surface area contributed by atoms with Gasteiger partial charge in [0.2, 0.25) is 0 Å². The molecule has 2 aromatic rings. The van der Waals surface area contributed by atoms with E-state index in [-0.39, 0.29) is 30.0 Å². The van der Waals surface area contributed by atoms with Crippen LogP contribution in [0.4, 0.5) is 5.69 Å². The number of phenols is 1. The van der Waals surface area contributed by atoms with Gasteiger partial charge in [-0.2, -0.15) is 0 Å². The number of benzene rings is 2. The molecule has 2 N–H and O–H groups in total. The number of rotatable bonds is 6. The number of para-hydroxylation sites is 2. The van der Waals surface area contributed by atoms with Crippen LogP contribution in [0.3, 0.4) is 0 Å². The minimum absolute atomic E-state index is 0. The zero-order valence-electron chi connectivity index (χ0n) is 18.2. The molecule has 0 amide bonds. The fraction of sp³-hybridized carbons (Fsp3) is 0.435. The number of nitrogens with one attached hydrogen (secondary N) is 1. The topological polar surface area (TPSA) is 54.3 Å². The van der Waals surface area contributed by atoms with Crippen LogP contribution in [0, 0.1) is 0 Å². The monoisotopic (exact) mass is 523 g/mol. The lowest BCUT2D eigenvalue weighted by molar-refractivity contribution is 0.303. The number of nitrogens with zero attached hydrogens (tertiary/aromatic N) is 4. The van der Waals surface area contributed by atoms with E-state index >= 15 is 0 Å². The number of aliphatic imine (C=N–C) groups is 1. The van der Waals surface area contributed by atoms with Gasteiger partial charge >= 0.3 is 0 Å². The second-order valence-corrected chi connectivity index (χ2v) is 7.55. The standard InChI is InChI=1S/C23H33N5O.HI/c1-4-24-23(25-18-21(26(2)3)19-10-6-5-7-11-19)28-16-14-27(15-17-28)20-12-8-9-13-22(20)29;/h5-13,21,29H,4,14-18H2,1-3H3,(H,24,25);1H. The van der Waals surface area contributed by atoms with Gasteiger partial charge in [0, 0.05) is 32.7 Å². The van der Waals surface area contributed by atoms with Crippen molar-refractivity contribution in [2.45, 2.75) is 13.0 Å². The minimum Gasteiger partial charge on any atom is -0.506 e. The molecule has 1 fully saturated rings. The molecule has 0 aromatic heterocycles. The van der Waals surface area contributed by atoms with Crippen molar-refractivity contribution in [1.29, 1.82) is 0 Å². The lowest BCUT2D eigenvalue weighted by atomic mass is 10.1. The van der Waals surface area contributed by atoms with Crippen LogP contribution in [-0.2, 0) is 0 Å². The van der Waals surface area contributed by atoms with Crippen molar-refractivity contribution in [2.75, 3.05) is 58.3 Å². The number of phenolic OH excluding ortho intramolecular Hbond substituents is 1. The summed E-state index contributed by atoms with van der Waals surface area (Å²) < 4.78 is 0. The van der Waals surface area contributed by atoms with Gasteiger partial charge in [0.25, 0.3) is 0 Å². The summed E-state index contributed by atoms with van der Waals surface area (Å²) in [5.74, 6) is 1.31. The zero-order valence-corrected chi connectivity index (χ0v) is 20.5. The normalized spacial score (nSPS) is 15.7. The van der Waals surface area contributed by atoms with Gasteiger partial charge in [0.05, 0.1) is 18.3 Å². The highest BCUT2D eigenvalue weighted by atomic mass is 127. The van der Waals surface area contributed by atoms with Crippen molar-refractivity contribution in [2.24, 2.45) is 4.99 Å². The molecule has 0 aliphatic carbocycles. The number of anilines is 1. The molecular weight excluding hydrogens is 489 g/mol. The van der Waals surface area contributed by atoms with E-state index in [9.17, 15) is 5.11 Å². The quantitative estimate of drug-likeness (QED) is 0.346.